The normalized spacial score (nSPS) is 18.2. The Kier molecular flexibility index (Phi) is 4.32. The monoisotopic (exact) mass is 244 g/mol. The Balaban J connectivity index is 2.85. The molecule has 1 aliphatic rings. The molecular weight excluding hydrogens is 229 g/mol. The number of carbonyl (C=O) groups is 1. The molecule has 17 heavy (non-hydrogen) atoms. The van der Waals surface area contributed by atoms with E-state index in [0.717, 1.165) is 12.2 Å². The van der Waals surface area contributed by atoms with Crippen LogP contribution in [0, 0.1) is 5.92 Å². The summed E-state index contributed by atoms with van der Waals surface area (Å²) in [5.74, 6) is -0.251. The Hall–Kier alpha value is -1.32. The van der Waals surface area contributed by atoms with Crippen molar-refractivity contribution in [2.45, 2.75) is 32.9 Å². The van der Waals surface area contributed by atoms with Crippen LogP contribution in [0.5, 0.6) is 0 Å². The molecule has 0 fully saturated rings. The molecule has 1 aliphatic carbocycles. The lowest BCUT2D eigenvalue weighted by Crippen LogP contribution is -2.12. The predicted octanol–water partition coefficient (Wildman–Crippen LogP) is 3.98. The van der Waals surface area contributed by atoms with Crippen molar-refractivity contribution in [1.82, 2.24) is 0 Å². The van der Waals surface area contributed by atoms with Gasteiger partial charge in [-0.3, -0.25) is 4.79 Å². The topological polar surface area (TPSA) is 17.1 Å². The molecule has 0 saturated carbocycles. The molecule has 94 valence electrons. The summed E-state index contributed by atoms with van der Waals surface area (Å²) in [6.45, 7) is 3.66. The molecule has 0 saturated heterocycles. The van der Waals surface area contributed by atoms with E-state index in [1.807, 2.05) is 6.92 Å². The van der Waals surface area contributed by atoms with Gasteiger partial charge < -0.3 is 0 Å². The van der Waals surface area contributed by atoms with Gasteiger partial charge in [-0.2, -0.15) is 13.2 Å². The summed E-state index contributed by atoms with van der Waals surface area (Å²) < 4.78 is 37.3. The number of rotatable bonds is 3. The summed E-state index contributed by atoms with van der Waals surface area (Å²) in [7, 11) is 0. The molecule has 0 amide bonds. The van der Waals surface area contributed by atoms with Gasteiger partial charge in [0.2, 0.25) is 0 Å². The molecule has 0 aromatic carbocycles. The number of hydrogen-bond donors (Lipinski definition) is 0. The van der Waals surface area contributed by atoms with Crippen LogP contribution in [0.15, 0.2) is 35.5 Å². The minimum atomic E-state index is -4.35. The van der Waals surface area contributed by atoms with E-state index in [4.69, 9.17) is 0 Å². The van der Waals surface area contributed by atoms with Gasteiger partial charge in [0, 0.05) is 11.5 Å². The van der Waals surface area contributed by atoms with Crippen LogP contribution >= 0.6 is 0 Å². The second-order valence-corrected chi connectivity index (χ2v) is 4.06. The quantitative estimate of drug-likeness (QED) is 0.734. The van der Waals surface area contributed by atoms with Crippen molar-refractivity contribution in [2.75, 3.05) is 0 Å². The zero-order valence-corrected chi connectivity index (χ0v) is 9.84. The summed E-state index contributed by atoms with van der Waals surface area (Å²) in [6.07, 6.45) is 1.35. The van der Waals surface area contributed by atoms with Crippen LogP contribution in [0.2, 0.25) is 0 Å². The first kappa shape index (κ1) is 13.7. The summed E-state index contributed by atoms with van der Waals surface area (Å²) in [5.41, 5.74) is -0.324. The van der Waals surface area contributed by atoms with Gasteiger partial charge in [0.15, 0.2) is 5.78 Å². The van der Waals surface area contributed by atoms with Crippen molar-refractivity contribution >= 4 is 5.78 Å². The van der Waals surface area contributed by atoms with Crippen molar-refractivity contribution in [3.63, 3.8) is 0 Å². The molecule has 0 N–H and O–H groups in total. The second-order valence-electron chi connectivity index (χ2n) is 4.06. The van der Waals surface area contributed by atoms with Gasteiger partial charge in [0.1, 0.15) is 0 Å². The SMILES string of the molecule is CCC(C)C(=O)C1=CCC=C(C(F)(F)F)C=C1. The third-order valence-corrected chi connectivity index (χ3v) is 2.79. The average Bonchev–Trinajstić information content (AvgIpc) is 2.51. The fraction of sp³-hybridized carbons (Fsp3) is 0.462. The third kappa shape index (κ3) is 3.58. The van der Waals surface area contributed by atoms with E-state index >= 15 is 0 Å². The molecule has 0 aromatic rings. The minimum Gasteiger partial charge on any atom is -0.294 e. The molecule has 0 aromatic heterocycles. The first-order valence-corrected chi connectivity index (χ1v) is 5.56. The van der Waals surface area contributed by atoms with Crippen molar-refractivity contribution in [3.8, 4) is 0 Å². The van der Waals surface area contributed by atoms with E-state index in [1.165, 1.54) is 6.08 Å². The molecule has 1 rings (SSSR count). The Morgan fingerprint density at radius 1 is 1.35 bits per heavy atom. The van der Waals surface area contributed by atoms with Gasteiger partial charge in [-0.25, -0.2) is 0 Å². The van der Waals surface area contributed by atoms with E-state index in [0.29, 0.717) is 12.0 Å². The number of hydrogen-bond acceptors (Lipinski definition) is 1. The van der Waals surface area contributed by atoms with E-state index in [9.17, 15) is 18.0 Å². The number of ketones is 1. The third-order valence-electron chi connectivity index (χ3n) is 2.79. The van der Waals surface area contributed by atoms with Gasteiger partial charge in [-0.05, 0) is 18.9 Å². The van der Waals surface area contributed by atoms with Gasteiger partial charge in [0.25, 0.3) is 0 Å². The van der Waals surface area contributed by atoms with E-state index in [2.05, 4.69) is 0 Å². The largest absolute Gasteiger partial charge is 0.416 e. The van der Waals surface area contributed by atoms with Crippen LogP contribution in [0.4, 0.5) is 13.2 Å². The maximum atomic E-state index is 12.4. The molecule has 0 heterocycles. The lowest BCUT2D eigenvalue weighted by Gasteiger charge is -2.07. The number of allylic oxidation sites excluding steroid dienone is 6. The Morgan fingerprint density at radius 3 is 2.53 bits per heavy atom. The lowest BCUT2D eigenvalue weighted by atomic mass is 9.96. The van der Waals surface area contributed by atoms with Crippen LogP contribution in [0.1, 0.15) is 26.7 Å². The van der Waals surface area contributed by atoms with E-state index in [-0.39, 0.29) is 18.1 Å². The highest BCUT2D eigenvalue weighted by atomic mass is 19.4. The number of halogens is 3. The molecule has 0 bridgehead atoms. The van der Waals surface area contributed by atoms with Crippen LogP contribution in [-0.4, -0.2) is 12.0 Å². The average molecular weight is 244 g/mol. The molecular formula is C13H15F3O. The summed E-state index contributed by atoms with van der Waals surface area (Å²) in [5, 5.41) is 0. The highest BCUT2D eigenvalue weighted by Gasteiger charge is 2.32. The molecule has 1 atom stereocenters. The van der Waals surface area contributed by atoms with E-state index in [1.54, 1.807) is 13.0 Å². The maximum Gasteiger partial charge on any atom is 0.416 e. The second kappa shape index (κ2) is 5.34. The van der Waals surface area contributed by atoms with Gasteiger partial charge in [-0.1, -0.05) is 32.1 Å². The minimum absolute atomic E-state index is 0.0967. The zero-order valence-electron chi connectivity index (χ0n) is 9.84. The molecule has 0 spiro atoms. The van der Waals surface area contributed by atoms with E-state index < -0.39 is 11.7 Å². The van der Waals surface area contributed by atoms with Crippen molar-refractivity contribution < 1.29 is 18.0 Å². The van der Waals surface area contributed by atoms with Gasteiger partial charge in [0.05, 0.1) is 5.57 Å². The van der Waals surface area contributed by atoms with Gasteiger partial charge in [-0.15, -0.1) is 0 Å². The lowest BCUT2D eigenvalue weighted by molar-refractivity contribution is -0.118. The standard InChI is InChI=1S/C13H15F3O/c1-3-9(2)12(17)10-5-4-6-11(8-7-10)13(14,15)16/h5-9H,3-4H2,1-2H3. The first-order valence-electron chi connectivity index (χ1n) is 5.56. The molecule has 1 nitrogen and oxygen atoms in total. The maximum absolute atomic E-state index is 12.4. The Bertz CT molecular complexity index is 386. The smallest absolute Gasteiger partial charge is 0.294 e. The summed E-state index contributed by atoms with van der Waals surface area (Å²) >= 11 is 0. The van der Waals surface area contributed by atoms with Gasteiger partial charge >= 0.3 is 6.18 Å². The number of alkyl halides is 3. The number of Topliss-reactive ketones (excluding diaryl/α,β-unsaturated/α-hetero) is 1. The van der Waals surface area contributed by atoms with Crippen LogP contribution < -0.4 is 0 Å². The Morgan fingerprint density at radius 2 is 2.00 bits per heavy atom. The van der Waals surface area contributed by atoms with Crippen LogP contribution in [0.25, 0.3) is 0 Å². The highest BCUT2D eigenvalue weighted by molar-refractivity contribution is 5.99. The van der Waals surface area contributed by atoms with Crippen molar-refractivity contribution in [3.05, 3.63) is 35.5 Å². The predicted molar refractivity (Wildman–Crippen MR) is 60.4 cm³/mol. The molecule has 4 heteroatoms. The highest BCUT2D eigenvalue weighted by Crippen LogP contribution is 2.29. The number of carbonyl (C=O) groups excluding carboxylic acids is 1. The van der Waals surface area contributed by atoms with Crippen LogP contribution in [0.3, 0.4) is 0 Å². The summed E-state index contributed by atoms with van der Waals surface area (Å²) in [6, 6.07) is 0. The molecule has 0 aliphatic heterocycles. The Labute approximate surface area is 98.7 Å². The first-order chi connectivity index (χ1) is 7.86. The van der Waals surface area contributed by atoms with Crippen LogP contribution in [-0.2, 0) is 4.79 Å². The molecule has 0 radical (unpaired) electrons. The fourth-order valence-electron chi connectivity index (χ4n) is 1.49. The van der Waals surface area contributed by atoms with Crippen molar-refractivity contribution in [1.29, 1.82) is 0 Å². The van der Waals surface area contributed by atoms with Crippen molar-refractivity contribution in [2.24, 2.45) is 5.92 Å². The molecule has 1 unspecified atom stereocenters. The summed E-state index contributed by atoms with van der Waals surface area (Å²) in [4.78, 5) is 11.8. The fourth-order valence-corrected chi connectivity index (χ4v) is 1.49. The zero-order chi connectivity index (χ0) is 13.1.